The predicted octanol–water partition coefficient (Wildman–Crippen LogP) is 8.27. The van der Waals surface area contributed by atoms with Gasteiger partial charge in [0.15, 0.2) is 0 Å². The first-order chi connectivity index (χ1) is 22.8. The van der Waals surface area contributed by atoms with E-state index in [1.54, 1.807) is 13.8 Å². The van der Waals surface area contributed by atoms with Crippen molar-refractivity contribution in [3.8, 4) is 11.5 Å². The molecule has 6 rings (SSSR count). The molecule has 0 amide bonds. The molecule has 6 heteroatoms. The van der Waals surface area contributed by atoms with E-state index in [9.17, 15) is 9.59 Å². The van der Waals surface area contributed by atoms with Gasteiger partial charge in [0.2, 0.25) is 0 Å². The Labute approximate surface area is 275 Å². The fraction of sp³-hybridized carbons (Fsp3) is 0.220. The zero-order chi connectivity index (χ0) is 33.0. The van der Waals surface area contributed by atoms with Gasteiger partial charge in [0, 0.05) is 17.6 Å². The van der Waals surface area contributed by atoms with E-state index in [4.69, 9.17) is 18.9 Å². The van der Waals surface area contributed by atoms with Crippen molar-refractivity contribution in [2.45, 2.75) is 44.3 Å². The van der Waals surface area contributed by atoms with Gasteiger partial charge in [0.05, 0.1) is 0 Å². The first kappa shape index (κ1) is 31.6. The molecule has 0 bridgehead atoms. The van der Waals surface area contributed by atoms with Crippen molar-refractivity contribution in [1.82, 2.24) is 0 Å². The highest BCUT2D eigenvalue weighted by Gasteiger charge is 2.41. The summed E-state index contributed by atoms with van der Waals surface area (Å²) >= 11 is 0. The number of rotatable bonds is 12. The molecule has 6 nitrogen and oxygen atoms in total. The molecule has 0 saturated heterocycles. The van der Waals surface area contributed by atoms with Crippen LogP contribution in [0.1, 0.15) is 42.5 Å². The van der Waals surface area contributed by atoms with Gasteiger partial charge >= 0.3 is 11.9 Å². The average molecular weight is 627 g/mol. The van der Waals surface area contributed by atoms with E-state index in [2.05, 4.69) is 86.0 Å². The van der Waals surface area contributed by atoms with Gasteiger partial charge in [-0.2, -0.15) is 0 Å². The molecule has 0 heterocycles. The highest BCUT2D eigenvalue weighted by Crippen LogP contribution is 2.50. The summed E-state index contributed by atoms with van der Waals surface area (Å²) in [6.07, 6.45) is 3.49. The lowest BCUT2D eigenvalue weighted by molar-refractivity contribution is -0.144. The zero-order valence-electron chi connectivity index (χ0n) is 26.7. The number of esters is 2. The number of carbonyl (C=O) groups excluding carboxylic acids is 2. The first-order valence-corrected chi connectivity index (χ1v) is 15.9. The van der Waals surface area contributed by atoms with Gasteiger partial charge in [-0.3, -0.25) is 0 Å². The Morgan fingerprint density at radius 2 is 1.15 bits per heavy atom. The number of fused-ring (bicyclic) bond motifs is 3. The maximum absolute atomic E-state index is 11.5. The maximum Gasteiger partial charge on any atom is 0.330 e. The number of benzene rings is 5. The molecule has 5 aromatic rings. The normalized spacial score (nSPS) is 16.6. The first-order valence-electron chi connectivity index (χ1n) is 15.9. The third-order valence-corrected chi connectivity index (χ3v) is 8.79. The highest BCUT2D eigenvalue weighted by molar-refractivity contribution is 5.87. The van der Waals surface area contributed by atoms with Crippen LogP contribution < -0.4 is 9.47 Å². The van der Waals surface area contributed by atoms with E-state index in [-0.39, 0.29) is 30.8 Å². The second-order valence-corrected chi connectivity index (χ2v) is 12.0. The molecule has 238 valence electrons. The Morgan fingerprint density at radius 3 is 1.66 bits per heavy atom. The molecule has 0 aliphatic heterocycles. The fourth-order valence-electron chi connectivity index (χ4n) is 6.52. The Kier molecular flexibility index (Phi) is 9.12. The predicted molar refractivity (Wildman–Crippen MR) is 185 cm³/mol. The van der Waals surface area contributed by atoms with E-state index in [1.165, 1.54) is 22.3 Å². The molecule has 47 heavy (non-hydrogen) atoms. The van der Waals surface area contributed by atoms with Crippen molar-refractivity contribution in [2.75, 3.05) is 13.2 Å². The minimum absolute atomic E-state index is 0.253. The molecule has 5 aromatic carbocycles. The summed E-state index contributed by atoms with van der Waals surface area (Å²) in [7, 11) is 0. The number of carbonyl (C=O) groups is 2. The maximum atomic E-state index is 11.5. The molecule has 0 fully saturated rings. The zero-order valence-corrected chi connectivity index (χ0v) is 26.7. The van der Waals surface area contributed by atoms with Crippen LogP contribution in [0.25, 0.3) is 21.5 Å². The molecule has 1 aliphatic rings. The quantitative estimate of drug-likeness (QED) is 0.103. The topological polar surface area (TPSA) is 71.1 Å². The molecule has 0 spiro atoms. The van der Waals surface area contributed by atoms with E-state index >= 15 is 0 Å². The van der Waals surface area contributed by atoms with Crippen molar-refractivity contribution in [2.24, 2.45) is 0 Å². The number of ether oxygens (including phenoxy) is 4. The van der Waals surface area contributed by atoms with Gasteiger partial charge in [0.1, 0.15) is 36.9 Å². The third kappa shape index (κ3) is 6.63. The summed E-state index contributed by atoms with van der Waals surface area (Å²) in [6, 6.07) is 34.3. The molecule has 2 unspecified atom stereocenters. The van der Waals surface area contributed by atoms with Crippen molar-refractivity contribution in [1.29, 1.82) is 0 Å². The summed E-state index contributed by atoms with van der Waals surface area (Å²) in [5, 5.41) is 4.40. The number of hydrogen-bond donors (Lipinski definition) is 0. The van der Waals surface area contributed by atoms with Gasteiger partial charge < -0.3 is 18.9 Å². The van der Waals surface area contributed by atoms with Crippen LogP contribution in [0.3, 0.4) is 0 Å². The van der Waals surface area contributed by atoms with Crippen LogP contribution >= 0.6 is 0 Å². The lowest BCUT2D eigenvalue weighted by atomic mass is 9.69. The van der Waals surface area contributed by atoms with Gasteiger partial charge in [-0.25, -0.2) is 9.59 Å². The van der Waals surface area contributed by atoms with Gasteiger partial charge in [-0.1, -0.05) is 73.8 Å². The average Bonchev–Trinajstić information content (AvgIpc) is 3.49. The largest absolute Gasteiger partial charge is 0.490 e. The van der Waals surface area contributed by atoms with Crippen molar-refractivity contribution in [3.05, 3.63) is 145 Å². The lowest BCUT2D eigenvalue weighted by Crippen LogP contribution is -2.26. The van der Waals surface area contributed by atoms with E-state index in [0.717, 1.165) is 58.0 Å². The molecule has 0 N–H and O–H groups in total. The van der Waals surface area contributed by atoms with Crippen LogP contribution in [0.15, 0.2) is 122 Å². The fourth-order valence-corrected chi connectivity index (χ4v) is 6.52. The molecule has 2 atom stereocenters. The number of hydrogen-bond acceptors (Lipinski definition) is 6. The molecule has 0 radical (unpaired) electrons. The summed E-state index contributed by atoms with van der Waals surface area (Å²) in [5.74, 6) is 0.515. The third-order valence-electron chi connectivity index (χ3n) is 8.79. The van der Waals surface area contributed by atoms with E-state index in [0.29, 0.717) is 0 Å². The molecule has 0 aromatic heterocycles. The molecular weight excluding hydrogens is 588 g/mol. The van der Waals surface area contributed by atoms with Crippen LogP contribution in [0.2, 0.25) is 0 Å². The van der Waals surface area contributed by atoms with Crippen molar-refractivity contribution >= 4 is 33.5 Å². The number of aryl methyl sites for hydroxylation is 1. The standard InChI is InChI=1S/C41H38O6/c1-5-39(42)46-27(3)25-44-36-17-13-30-21-34(15-11-32(30)23-36)41(20-19-29-9-7-8-10-38(29)41)35-16-12-33-24-37(18-14-31(33)22-35)45-26-28(4)47-40(43)6-2/h5-18,21-24,27-28H,1-2,19-20,25-26H2,3-4H3. The second-order valence-electron chi connectivity index (χ2n) is 12.0. The summed E-state index contributed by atoms with van der Waals surface area (Å²) in [6.45, 7) is 11.0. The minimum Gasteiger partial charge on any atom is -0.490 e. The van der Waals surface area contributed by atoms with Crippen LogP contribution in [0.5, 0.6) is 11.5 Å². The second kappa shape index (κ2) is 13.6. The smallest absolute Gasteiger partial charge is 0.330 e. The molecule has 1 aliphatic carbocycles. The Morgan fingerprint density at radius 1 is 0.681 bits per heavy atom. The summed E-state index contributed by atoms with van der Waals surface area (Å²) in [4.78, 5) is 23.0. The summed E-state index contributed by atoms with van der Waals surface area (Å²) in [5.41, 5.74) is 4.90. The van der Waals surface area contributed by atoms with Crippen LogP contribution in [0, 0.1) is 0 Å². The summed E-state index contributed by atoms with van der Waals surface area (Å²) < 4.78 is 22.3. The van der Waals surface area contributed by atoms with Crippen LogP contribution in [-0.2, 0) is 30.9 Å². The SMILES string of the molecule is C=CC(=O)OC(C)COc1ccc2cc(C3(c4ccc5cc(OCC(C)OC(=O)C=C)ccc5c4)CCc4ccccc43)ccc2c1. The Hall–Kier alpha value is -5.36. The monoisotopic (exact) mass is 626 g/mol. The van der Waals surface area contributed by atoms with Gasteiger partial charge in [-0.15, -0.1) is 0 Å². The molecule has 0 saturated carbocycles. The Balaban J connectivity index is 1.30. The Bertz CT molecular complexity index is 1860. The van der Waals surface area contributed by atoms with Gasteiger partial charge in [-0.05, 0) is 107 Å². The van der Waals surface area contributed by atoms with E-state index < -0.39 is 11.9 Å². The highest BCUT2D eigenvalue weighted by atomic mass is 16.6. The van der Waals surface area contributed by atoms with Crippen LogP contribution in [-0.4, -0.2) is 37.4 Å². The molecular formula is C41H38O6. The lowest BCUT2D eigenvalue weighted by Gasteiger charge is -2.33. The minimum atomic E-state index is -0.463. The van der Waals surface area contributed by atoms with Gasteiger partial charge in [0.25, 0.3) is 0 Å². The van der Waals surface area contributed by atoms with E-state index in [1.807, 2.05) is 24.3 Å². The van der Waals surface area contributed by atoms with Crippen molar-refractivity contribution in [3.63, 3.8) is 0 Å². The van der Waals surface area contributed by atoms with Crippen molar-refractivity contribution < 1.29 is 28.5 Å². The van der Waals surface area contributed by atoms with Crippen LogP contribution in [0.4, 0.5) is 0 Å².